The Bertz CT molecular complexity index is 639. The predicted molar refractivity (Wildman–Crippen MR) is 132 cm³/mol. The number of nitrogens with zero attached hydrogens (tertiary/aromatic N) is 2. The van der Waals surface area contributed by atoms with E-state index in [1.54, 1.807) is 7.11 Å². The summed E-state index contributed by atoms with van der Waals surface area (Å²) in [5.41, 5.74) is 1.33. The number of nitrogens with one attached hydrogen (secondary N) is 2. The summed E-state index contributed by atoms with van der Waals surface area (Å²) in [5, 5.41) is 6.75. The van der Waals surface area contributed by atoms with Crippen molar-refractivity contribution in [1.29, 1.82) is 0 Å². The van der Waals surface area contributed by atoms with Crippen molar-refractivity contribution in [2.75, 3.05) is 66.8 Å². The fourth-order valence-corrected chi connectivity index (χ4v) is 4.14. The summed E-state index contributed by atoms with van der Waals surface area (Å²) in [7, 11) is 3.93. The molecule has 0 radical (unpaired) electrons. The maximum Gasteiger partial charge on any atom is 0.191 e. The van der Waals surface area contributed by atoms with Gasteiger partial charge < -0.3 is 24.8 Å². The van der Waals surface area contributed by atoms with Gasteiger partial charge in [-0.05, 0) is 63.4 Å². The number of unbranched alkanes of at least 4 members (excludes halogenated alkanes) is 1. The Morgan fingerprint density at radius 2 is 1.81 bits per heavy atom. The van der Waals surface area contributed by atoms with E-state index in [1.807, 2.05) is 0 Å². The van der Waals surface area contributed by atoms with Crippen LogP contribution in [-0.4, -0.2) is 77.6 Å². The van der Waals surface area contributed by atoms with Gasteiger partial charge in [0.25, 0.3) is 0 Å². The van der Waals surface area contributed by atoms with Gasteiger partial charge in [-0.15, -0.1) is 0 Å². The highest BCUT2D eigenvalue weighted by Crippen LogP contribution is 2.35. The minimum atomic E-state index is 0.373. The molecule has 2 rings (SSSR count). The quantitative estimate of drug-likeness (QED) is 0.258. The molecule has 182 valence electrons. The van der Waals surface area contributed by atoms with Crippen LogP contribution in [0.3, 0.4) is 0 Å². The van der Waals surface area contributed by atoms with E-state index in [0.29, 0.717) is 31.8 Å². The SMILES string of the molecule is CCCCOCCOCCNC(=NCC1CCCN(C)C1c1ccc(OC)cc1)NCC. The van der Waals surface area contributed by atoms with E-state index < -0.39 is 0 Å². The van der Waals surface area contributed by atoms with Gasteiger partial charge in [-0.1, -0.05) is 25.5 Å². The van der Waals surface area contributed by atoms with Crippen LogP contribution >= 0.6 is 0 Å². The fourth-order valence-electron chi connectivity index (χ4n) is 4.14. The summed E-state index contributed by atoms with van der Waals surface area (Å²) in [6.45, 7) is 10.5. The fraction of sp³-hybridized carbons (Fsp3) is 0.720. The third-order valence-corrected chi connectivity index (χ3v) is 5.85. The van der Waals surface area contributed by atoms with Crippen LogP contribution in [0.2, 0.25) is 0 Å². The first kappa shape index (κ1) is 26.4. The first-order valence-electron chi connectivity index (χ1n) is 12.2. The average molecular weight is 449 g/mol. The van der Waals surface area contributed by atoms with Gasteiger partial charge in [-0.2, -0.15) is 0 Å². The van der Waals surface area contributed by atoms with E-state index in [-0.39, 0.29) is 0 Å². The van der Waals surface area contributed by atoms with E-state index >= 15 is 0 Å². The van der Waals surface area contributed by atoms with Crippen LogP contribution < -0.4 is 15.4 Å². The van der Waals surface area contributed by atoms with E-state index in [1.165, 1.54) is 18.4 Å². The van der Waals surface area contributed by atoms with Crippen molar-refractivity contribution in [2.24, 2.45) is 10.9 Å². The number of rotatable bonds is 14. The number of methoxy groups -OCH3 is 1. The second-order valence-electron chi connectivity index (χ2n) is 8.33. The second kappa shape index (κ2) is 15.9. The van der Waals surface area contributed by atoms with Gasteiger partial charge in [-0.25, -0.2) is 0 Å². The number of ether oxygens (including phenoxy) is 3. The minimum Gasteiger partial charge on any atom is -0.497 e. The van der Waals surface area contributed by atoms with Crippen molar-refractivity contribution >= 4 is 5.96 Å². The Kier molecular flexibility index (Phi) is 13.1. The number of likely N-dealkylation sites (tertiary alicyclic amines) is 1. The van der Waals surface area contributed by atoms with Crippen LogP contribution in [0.5, 0.6) is 5.75 Å². The van der Waals surface area contributed by atoms with Crippen molar-refractivity contribution < 1.29 is 14.2 Å². The van der Waals surface area contributed by atoms with Crippen LogP contribution in [0, 0.1) is 5.92 Å². The summed E-state index contributed by atoms with van der Waals surface area (Å²) in [6.07, 6.45) is 4.67. The molecule has 1 heterocycles. The van der Waals surface area contributed by atoms with Crippen molar-refractivity contribution in [3.63, 3.8) is 0 Å². The Balaban J connectivity index is 1.83. The Morgan fingerprint density at radius 3 is 2.50 bits per heavy atom. The van der Waals surface area contributed by atoms with Crippen LogP contribution in [-0.2, 0) is 9.47 Å². The summed E-state index contributed by atoms with van der Waals surface area (Å²) >= 11 is 0. The normalized spacial score (nSPS) is 19.7. The standard InChI is InChI=1S/C25H44N4O3/c1-5-7-16-31-18-19-32-17-14-27-25(26-6-2)28-20-22-9-8-15-29(3)24(22)21-10-12-23(30-4)13-11-21/h10-13,22,24H,5-9,14-20H2,1-4H3,(H2,26,27,28). The molecule has 0 bridgehead atoms. The Morgan fingerprint density at radius 1 is 1.06 bits per heavy atom. The Labute approximate surface area is 194 Å². The molecule has 1 aliphatic heterocycles. The van der Waals surface area contributed by atoms with E-state index in [9.17, 15) is 0 Å². The van der Waals surface area contributed by atoms with Gasteiger partial charge in [0.05, 0.1) is 26.9 Å². The minimum absolute atomic E-state index is 0.373. The van der Waals surface area contributed by atoms with Crippen LogP contribution in [0.4, 0.5) is 0 Å². The maximum atomic E-state index is 5.66. The molecule has 1 fully saturated rings. The molecule has 2 atom stereocenters. The molecule has 2 unspecified atom stereocenters. The highest BCUT2D eigenvalue weighted by Gasteiger charge is 2.30. The molecule has 1 saturated heterocycles. The van der Waals surface area contributed by atoms with Crippen molar-refractivity contribution in [3.8, 4) is 5.75 Å². The van der Waals surface area contributed by atoms with Crippen molar-refractivity contribution in [3.05, 3.63) is 29.8 Å². The molecule has 0 spiro atoms. The first-order valence-corrected chi connectivity index (χ1v) is 12.2. The molecule has 1 aromatic carbocycles. The lowest BCUT2D eigenvalue weighted by Crippen LogP contribution is -2.41. The Hall–Kier alpha value is -1.83. The molecule has 32 heavy (non-hydrogen) atoms. The van der Waals surface area contributed by atoms with Gasteiger partial charge in [0, 0.05) is 32.3 Å². The van der Waals surface area contributed by atoms with Gasteiger partial charge in [0.15, 0.2) is 5.96 Å². The summed E-state index contributed by atoms with van der Waals surface area (Å²) < 4.78 is 16.5. The summed E-state index contributed by atoms with van der Waals surface area (Å²) in [4.78, 5) is 7.37. The summed E-state index contributed by atoms with van der Waals surface area (Å²) in [5.74, 6) is 2.24. The highest BCUT2D eigenvalue weighted by molar-refractivity contribution is 5.79. The number of guanidine groups is 1. The third kappa shape index (κ3) is 9.35. The lowest BCUT2D eigenvalue weighted by molar-refractivity contribution is 0.0487. The number of hydrogen-bond acceptors (Lipinski definition) is 5. The zero-order valence-electron chi connectivity index (χ0n) is 20.6. The second-order valence-corrected chi connectivity index (χ2v) is 8.33. The van der Waals surface area contributed by atoms with E-state index in [4.69, 9.17) is 19.2 Å². The molecular formula is C25H44N4O3. The van der Waals surface area contributed by atoms with Gasteiger partial charge in [-0.3, -0.25) is 9.89 Å². The molecule has 0 amide bonds. The molecule has 0 aliphatic carbocycles. The number of benzene rings is 1. The predicted octanol–water partition coefficient (Wildman–Crippen LogP) is 3.47. The molecule has 0 saturated carbocycles. The van der Waals surface area contributed by atoms with Gasteiger partial charge >= 0.3 is 0 Å². The van der Waals surface area contributed by atoms with Crippen LogP contribution in [0.15, 0.2) is 29.3 Å². The first-order chi connectivity index (χ1) is 15.7. The molecule has 7 heteroatoms. The monoisotopic (exact) mass is 448 g/mol. The van der Waals surface area contributed by atoms with Crippen molar-refractivity contribution in [1.82, 2.24) is 15.5 Å². The lowest BCUT2D eigenvalue weighted by Gasteiger charge is -2.39. The number of aliphatic imine (C=N–C) groups is 1. The smallest absolute Gasteiger partial charge is 0.191 e. The van der Waals surface area contributed by atoms with Gasteiger partial charge in [0.2, 0.25) is 0 Å². The van der Waals surface area contributed by atoms with Gasteiger partial charge in [0.1, 0.15) is 5.75 Å². The maximum absolute atomic E-state index is 5.66. The van der Waals surface area contributed by atoms with E-state index in [2.05, 4.69) is 60.7 Å². The van der Waals surface area contributed by atoms with Crippen LogP contribution in [0.25, 0.3) is 0 Å². The molecular weight excluding hydrogens is 404 g/mol. The topological polar surface area (TPSA) is 67.4 Å². The van der Waals surface area contributed by atoms with E-state index in [0.717, 1.165) is 57.3 Å². The molecule has 1 aromatic rings. The molecule has 2 N–H and O–H groups in total. The zero-order valence-corrected chi connectivity index (χ0v) is 20.6. The average Bonchev–Trinajstić information content (AvgIpc) is 2.81. The highest BCUT2D eigenvalue weighted by atomic mass is 16.5. The molecule has 0 aromatic heterocycles. The number of hydrogen-bond donors (Lipinski definition) is 2. The number of piperidine rings is 1. The molecule has 1 aliphatic rings. The largest absolute Gasteiger partial charge is 0.497 e. The lowest BCUT2D eigenvalue weighted by atomic mass is 9.85. The molecule has 7 nitrogen and oxygen atoms in total. The summed E-state index contributed by atoms with van der Waals surface area (Å²) in [6, 6.07) is 8.86. The van der Waals surface area contributed by atoms with Crippen LogP contribution in [0.1, 0.15) is 51.1 Å². The zero-order chi connectivity index (χ0) is 23.0. The third-order valence-electron chi connectivity index (χ3n) is 5.85. The van der Waals surface area contributed by atoms with Crippen molar-refractivity contribution in [2.45, 2.75) is 45.6 Å².